The van der Waals surface area contributed by atoms with Crippen LogP contribution < -0.4 is 36.8 Å². The Morgan fingerprint density at radius 3 is 1.37 bits per heavy atom. The van der Waals surface area contributed by atoms with Gasteiger partial charge in [0, 0.05) is 170 Å². The first kappa shape index (κ1) is 89.9. The fourth-order valence-corrected chi connectivity index (χ4v) is 12.1. The largest absolute Gasteiger partial charge is 0.381 e. The summed E-state index contributed by atoms with van der Waals surface area (Å²) < 4.78 is 10.6. The van der Waals surface area contributed by atoms with E-state index in [1.54, 1.807) is 0 Å². The quantitative estimate of drug-likeness (QED) is 0.0402. The molecule has 99 heavy (non-hydrogen) atoms. The van der Waals surface area contributed by atoms with Gasteiger partial charge in [-0.2, -0.15) is 0 Å². The molecule has 6 amide bonds. The molecule has 7 rings (SSSR count). The molecule has 6 N–H and O–H groups in total. The Morgan fingerprint density at radius 1 is 0.444 bits per heavy atom. The number of anilines is 1. The number of para-hydroxylation sites is 1. The molecule has 20 heteroatoms. The number of likely N-dealkylation sites (tertiary alicyclic amines) is 3. The van der Waals surface area contributed by atoms with Crippen LogP contribution in [0.5, 0.6) is 0 Å². The highest BCUT2D eigenvalue weighted by atomic mass is 16.5. The number of ether oxygens (including phenoxy) is 2. The molecule has 0 radical (unpaired) electrons. The van der Waals surface area contributed by atoms with Crippen LogP contribution in [-0.4, -0.2) is 235 Å². The molecule has 0 aliphatic carbocycles. The van der Waals surface area contributed by atoms with Gasteiger partial charge in [0.05, 0.1) is 13.2 Å². The number of nitrogens with zero attached hydrogens (tertiary/aromatic N) is 6. The standard InChI is InChI=1S/C17H26N2O.C14H28N2O.C13H20N2O.C12H24N2O2.C12H24N2O.C11H22N2O2/c1-14(2)17(20)18-16(13-19-10-6-7-11-19)12-15-8-4-3-5-9-15;1-11(2)14(17)15-9-6-10-16-12(3)7-5-8-13(16)4;1-11(2)13(16)14-9-10-15(3)12-7-5-4-6-8-12;1-10(2)12(15)13-6-7-14(3)11-4-8-16-9-5-11;1-10(2)12(15)13-7-9-14-8-5-4-6-11(14)3;1-10(2)11(14)12-4-3-5-13-6-8-15-9-7-13/h3-5,8-9,14,16H,6-7,10-13H2,1-2H3,(H,18,20);11-13H,5-10H2,1-4H3,(H,15,17);4-8,11H,9-10H2,1-3H3,(H,14,16);10-11H,4-9H2,1-3H3,(H,13,15);10-11H,4-9H2,1-3H3,(H,13,15);10H,3-9H2,1-2H3,(H,12,14). The summed E-state index contributed by atoms with van der Waals surface area (Å²) in [6, 6.07) is 23.5. The van der Waals surface area contributed by atoms with Crippen molar-refractivity contribution in [2.45, 2.75) is 218 Å². The first-order valence-corrected chi connectivity index (χ1v) is 38.5. The first-order valence-electron chi connectivity index (χ1n) is 38.5. The third-order valence-electron chi connectivity index (χ3n) is 19.0. The summed E-state index contributed by atoms with van der Waals surface area (Å²) in [6.07, 6.45) is 15.8. The van der Waals surface area contributed by atoms with E-state index in [9.17, 15) is 28.8 Å². The molecule has 4 unspecified atom stereocenters. The van der Waals surface area contributed by atoms with Crippen LogP contribution in [0.3, 0.4) is 0 Å². The number of piperidine rings is 2. The summed E-state index contributed by atoms with van der Waals surface area (Å²) in [5.41, 5.74) is 2.46. The van der Waals surface area contributed by atoms with Gasteiger partial charge in [-0.25, -0.2) is 0 Å². The Labute approximate surface area is 602 Å². The van der Waals surface area contributed by atoms with Crippen molar-refractivity contribution < 1.29 is 38.2 Å². The summed E-state index contributed by atoms with van der Waals surface area (Å²) in [5.74, 6) is 1.37. The van der Waals surface area contributed by atoms with E-state index in [4.69, 9.17) is 9.47 Å². The minimum atomic E-state index is 0.0480. The highest BCUT2D eigenvalue weighted by Gasteiger charge is 2.25. The molecule has 5 saturated heterocycles. The van der Waals surface area contributed by atoms with E-state index in [1.165, 1.54) is 82.3 Å². The van der Waals surface area contributed by atoms with E-state index < -0.39 is 0 Å². The number of rotatable bonds is 30. The maximum atomic E-state index is 12.0. The topological polar surface area (TPSA) is 212 Å². The molecule has 4 atom stereocenters. The van der Waals surface area contributed by atoms with Gasteiger partial charge in [0.15, 0.2) is 0 Å². The number of hydrogen-bond acceptors (Lipinski definition) is 14. The van der Waals surface area contributed by atoms with E-state index >= 15 is 0 Å². The van der Waals surface area contributed by atoms with E-state index in [-0.39, 0.29) is 77.0 Å². The predicted octanol–water partition coefficient (Wildman–Crippen LogP) is 9.76. The van der Waals surface area contributed by atoms with Crippen molar-refractivity contribution in [1.82, 2.24) is 56.4 Å². The fraction of sp³-hybridized carbons (Fsp3) is 0.772. The third-order valence-corrected chi connectivity index (χ3v) is 19.0. The Hall–Kier alpha value is -5.22. The lowest BCUT2D eigenvalue weighted by molar-refractivity contribution is -0.125. The van der Waals surface area contributed by atoms with E-state index in [0.29, 0.717) is 30.7 Å². The maximum Gasteiger partial charge on any atom is 0.222 e. The number of carbonyl (C=O) groups excluding carboxylic acids is 6. The smallest absolute Gasteiger partial charge is 0.222 e. The normalized spacial score (nSPS) is 18.8. The Morgan fingerprint density at radius 2 is 0.879 bits per heavy atom. The van der Waals surface area contributed by atoms with Crippen LogP contribution in [0.25, 0.3) is 0 Å². The molecule has 0 saturated carbocycles. The molecule has 5 aliphatic rings. The average Bonchev–Trinajstić information content (AvgIpc) is 1.99. The Bertz CT molecular complexity index is 2410. The molecule has 2 aromatic carbocycles. The zero-order valence-electron chi connectivity index (χ0n) is 65.4. The number of nitrogens with one attached hydrogen (secondary N) is 6. The van der Waals surface area contributed by atoms with Crippen LogP contribution in [0.15, 0.2) is 60.7 Å². The molecule has 5 heterocycles. The summed E-state index contributed by atoms with van der Waals surface area (Å²) in [6.45, 7) is 48.7. The van der Waals surface area contributed by atoms with Gasteiger partial charge in [0.25, 0.3) is 0 Å². The van der Waals surface area contributed by atoms with E-state index in [2.05, 4.69) is 126 Å². The molecule has 20 nitrogen and oxygen atoms in total. The lowest BCUT2D eigenvalue weighted by Crippen LogP contribution is -2.45. The van der Waals surface area contributed by atoms with Crippen LogP contribution in [0.2, 0.25) is 0 Å². The van der Waals surface area contributed by atoms with Crippen LogP contribution in [0.1, 0.15) is 186 Å². The number of likely N-dealkylation sites (N-methyl/N-ethyl adjacent to an activating group) is 2. The number of benzene rings is 2. The van der Waals surface area contributed by atoms with Gasteiger partial charge in [-0.3, -0.25) is 43.5 Å². The number of morpholine rings is 1. The monoisotopic (exact) mass is 1390 g/mol. The minimum Gasteiger partial charge on any atom is -0.381 e. The lowest BCUT2D eigenvalue weighted by atomic mass is 9.97. The zero-order chi connectivity index (χ0) is 73.5. The molecular weight excluding hydrogens is 1240 g/mol. The maximum absolute atomic E-state index is 12.0. The summed E-state index contributed by atoms with van der Waals surface area (Å²) >= 11 is 0. The summed E-state index contributed by atoms with van der Waals surface area (Å²) in [7, 11) is 4.15. The Balaban J connectivity index is 0.000000405. The number of carbonyl (C=O) groups is 6. The van der Waals surface area contributed by atoms with Crippen LogP contribution in [0.4, 0.5) is 5.69 Å². The van der Waals surface area contributed by atoms with Crippen LogP contribution >= 0.6 is 0 Å². The second kappa shape index (κ2) is 53.6. The van der Waals surface area contributed by atoms with Gasteiger partial charge in [0.1, 0.15) is 0 Å². The average molecular weight is 1390 g/mol. The van der Waals surface area contributed by atoms with Crippen molar-refractivity contribution in [3.05, 3.63) is 66.2 Å². The Kier molecular flexibility index (Phi) is 48.6. The predicted molar refractivity (Wildman–Crippen MR) is 409 cm³/mol. The van der Waals surface area contributed by atoms with Gasteiger partial charge >= 0.3 is 0 Å². The second-order valence-electron chi connectivity index (χ2n) is 29.8. The van der Waals surface area contributed by atoms with Gasteiger partial charge in [-0.1, -0.05) is 144 Å². The highest BCUT2D eigenvalue weighted by molar-refractivity contribution is 5.79. The lowest BCUT2D eigenvalue weighted by Gasteiger charge is -2.39. The second-order valence-corrected chi connectivity index (χ2v) is 29.8. The van der Waals surface area contributed by atoms with Crippen molar-refractivity contribution >= 4 is 41.1 Å². The zero-order valence-corrected chi connectivity index (χ0v) is 65.4. The molecule has 0 spiro atoms. The van der Waals surface area contributed by atoms with Crippen molar-refractivity contribution in [2.75, 3.05) is 150 Å². The first-order chi connectivity index (χ1) is 47.2. The van der Waals surface area contributed by atoms with Crippen LogP contribution in [0, 0.1) is 35.5 Å². The highest BCUT2D eigenvalue weighted by Crippen LogP contribution is 2.23. The third kappa shape index (κ3) is 42.1. The van der Waals surface area contributed by atoms with Crippen molar-refractivity contribution in [3.8, 4) is 0 Å². The van der Waals surface area contributed by atoms with Crippen LogP contribution in [-0.2, 0) is 44.7 Å². The van der Waals surface area contributed by atoms with Crippen molar-refractivity contribution in [3.63, 3.8) is 0 Å². The van der Waals surface area contributed by atoms with Gasteiger partial charge in [-0.15, -0.1) is 0 Å². The molecule has 0 aromatic heterocycles. The molecule has 5 aliphatic heterocycles. The fourth-order valence-electron chi connectivity index (χ4n) is 12.1. The molecule has 2 aromatic rings. The molecule has 568 valence electrons. The molecular formula is C79H144N12O8. The molecule has 5 fully saturated rings. The number of hydrogen-bond donors (Lipinski definition) is 6. The summed E-state index contributed by atoms with van der Waals surface area (Å²) in [5, 5.41) is 17.9. The molecule has 0 bridgehead atoms. The minimum absolute atomic E-state index is 0.0480. The van der Waals surface area contributed by atoms with Gasteiger partial charge in [0.2, 0.25) is 35.4 Å². The summed E-state index contributed by atoms with van der Waals surface area (Å²) in [4.78, 5) is 83.0. The van der Waals surface area contributed by atoms with E-state index in [1.807, 2.05) is 114 Å². The van der Waals surface area contributed by atoms with Crippen molar-refractivity contribution in [1.29, 1.82) is 0 Å². The SMILES string of the molecule is CC(C)C(=O)NC(Cc1ccccc1)CN1CCCC1.CC(C)C(=O)NCCCN1C(C)CCCC1C.CC(C)C(=O)NCCCN1CCOCC1.CC(C)C(=O)NCCN(C)C1CCOCC1.CC(C)C(=O)NCCN(C)c1ccccc1.CC(C)C(=O)NCCN1CCCCC1C. The van der Waals surface area contributed by atoms with Crippen molar-refractivity contribution in [2.24, 2.45) is 35.5 Å². The van der Waals surface area contributed by atoms with Gasteiger partial charge < -0.3 is 56.1 Å². The number of amides is 6. The van der Waals surface area contributed by atoms with E-state index in [0.717, 1.165) is 137 Å². The van der Waals surface area contributed by atoms with Gasteiger partial charge in [-0.05, 0) is 142 Å².